The first kappa shape index (κ1) is 22.5. The molecule has 0 aliphatic rings. The number of carbonyl (C=O) groups excluding carboxylic acids is 2. The van der Waals surface area contributed by atoms with Gasteiger partial charge in [-0.3, -0.25) is 4.79 Å². The van der Waals surface area contributed by atoms with E-state index in [9.17, 15) is 9.59 Å². The molecule has 0 heterocycles. The fraction of sp³-hybridized carbons (Fsp3) is 0.417. The first-order valence-corrected chi connectivity index (χ1v) is 9.68. The molecule has 0 fully saturated rings. The molecule has 0 aliphatic carbocycles. The number of amides is 1. The van der Waals surface area contributed by atoms with E-state index < -0.39 is 11.9 Å². The molecule has 0 aromatic heterocycles. The molecule has 5 heteroatoms. The molecule has 0 spiro atoms. The minimum atomic E-state index is -0.531. The molecule has 2 rings (SSSR count). The van der Waals surface area contributed by atoms with Gasteiger partial charge in [-0.05, 0) is 46.2 Å². The number of rotatable bonds is 5. The van der Waals surface area contributed by atoms with Gasteiger partial charge in [0.2, 0.25) is 0 Å². The van der Waals surface area contributed by atoms with Crippen molar-refractivity contribution in [2.24, 2.45) is 0 Å². The smallest absolute Gasteiger partial charge is 0.338 e. The SMILES string of the molecule is COc1ccc(C(C)(C)C)cc1NC(=O)COC(=O)c1ccc(C(C)(C)C)cc1. The zero-order chi connectivity index (χ0) is 21.8. The number of hydrogen-bond donors (Lipinski definition) is 1. The van der Waals surface area contributed by atoms with Gasteiger partial charge >= 0.3 is 5.97 Å². The Balaban J connectivity index is 2.02. The lowest BCUT2D eigenvalue weighted by Crippen LogP contribution is -2.22. The van der Waals surface area contributed by atoms with Crippen LogP contribution in [0.25, 0.3) is 0 Å². The Morgan fingerprint density at radius 2 is 1.41 bits per heavy atom. The number of carbonyl (C=O) groups is 2. The maximum absolute atomic E-state index is 12.3. The van der Waals surface area contributed by atoms with Crippen molar-refractivity contribution < 1.29 is 19.1 Å². The Kier molecular flexibility index (Phi) is 6.73. The standard InChI is InChI=1S/C24H31NO4/c1-23(2,3)17-10-8-16(9-11-17)22(27)29-15-21(26)25-19-14-18(24(4,5)6)12-13-20(19)28-7/h8-14H,15H2,1-7H3,(H,25,26). The van der Waals surface area contributed by atoms with Crippen LogP contribution in [0.3, 0.4) is 0 Å². The molecule has 29 heavy (non-hydrogen) atoms. The third-order valence-electron chi connectivity index (χ3n) is 4.66. The lowest BCUT2D eigenvalue weighted by atomic mass is 9.87. The van der Waals surface area contributed by atoms with E-state index in [1.54, 1.807) is 19.2 Å². The summed E-state index contributed by atoms with van der Waals surface area (Å²) in [5.74, 6) is -0.402. The highest BCUT2D eigenvalue weighted by Crippen LogP contribution is 2.31. The van der Waals surface area contributed by atoms with E-state index in [4.69, 9.17) is 9.47 Å². The van der Waals surface area contributed by atoms with Crippen LogP contribution in [-0.4, -0.2) is 25.6 Å². The molecule has 5 nitrogen and oxygen atoms in total. The highest BCUT2D eigenvalue weighted by atomic mass is 16.5. The number of nitrogens with one attached hydrogen (secondary N) is 1. The average Bonchev–Trinajstić information content (AvgIpc) is 2.64. The van der Waals surface area contributed by atoms with Gasteiger partial charge in [-0.15, -0.1) is 0 Å². The van der Waals surface area contributed by atoms with Crippen molar-refractivity contribution in [3.63, 3.8) is 0 Å². The molecule has 0 atom stereocenters. The number of ether oxygens (including phenoxy) is 2. The second-order valence-electron chi connectivity index (χ2n) is 9.12. The predicted molar refractivity (Wildman–Crippen MR) is 116 cm³/mol. The van der Waals surface area contributed by atoms with E-state index in [2.05, 4.69) is 46.9 Å². The third-order valence-corrected chi connectivity index (χ3v) is 4.66. The molecule has 1 amide bonds. The van der Waals surface area contributed by atoms with E-state index >= 15 is 0 Å². The molecular weight excluding hydrogens is 366 g/mol. The lowest BCUT2D eigenvalue weighted by Gasteiger charge is -2.21. The summed E-state index contributed by atoms with van der Waals surface area (Å²) >= 11 is 0. The molecule has 0 unspecified atom stereocenters. The van der Waals surface area contributed by atoms with Crippen LogP contribution in [-0.2, 0) is 20.4 Å². The molecule has 0 aliphatic heterocycles. The van der Waals surface area contributed by atoms with E-state index in [1.807, 2.05) is 30.3 Å². The lowest BCUT2D eigenvalue weighted by molar-refractivity contribution is -0.119. The van der Waals surface area contributed by atoms with Gasteiger partial charge in [-0.25, -0.2) is 4.79 Å². The van der Waals surface area contributed by atoms with Gasteiger partial charge in [0.05, 0.1) is 18.4 Å². The second kappa shape index (κ2) is 8.68. The van der Waals surface area contributed by atoms with Crippen LogP contribution in [0.4, 0.5) is 5.69 Å². The highest BCUT2D eigenvalue weighted by Gasteiger charge is 2.18. The summed E-state index contributed by atoms with van der Waals surface area (Å²) in [6.45, 7) is 12.2. The van der Waals surface area contributed by atoms with Gasteiger partial charge in [0.25, 0.3) is 5.91 Å². The topological polar surface area (TPSA) is 64.6 Å². The van der Waals surface area contributed by atoms with Gasteiger partial charge in [0, 0.05) is 0 Å². The average molecular weight is 398 g/mol. The summed E-state index contributed by atoms with van der Waals surface area (Å²) in [4.78, 5) is 24.6. The minimum absolute atomic E-state index is 0.00294. The molecule has 1 N–H and O–H groups in total. The zero-order valence-corrected chi connectivity index (χ0v) is 18.4. The Morgan fingerprint density at radius 3 is 1.93 bits per heavy atom. The largest absolute Gasteiger partial charge is 0.495 e. The molecule has 2 aromatic rings. The summed E-state index contributed by atoms with van der Waals surface area (Å²) in [7, 11) is 1.54. The first-order chi connectivity index (χ1) is 13.4. The molecule has 0 radical (unpaired) electrons. The van der Waals surface area contributed by atoms with Crippen molar-refractivity contribution in [2.45, 2.75) is 52.4 Å². The Hall–Kier alpha value is -2.82. The summed E-state index contributed by atoms with van der Waals surface area (Å²) in [6, 6.07) is 12.9. The first-order valence-electron chi connectivity index (χ1n) is 9.68. The van der Waals surface area contributed by atoms with Crippen LogP contribution < -0.4 is 10.1 Å². The number of methoxy groups -OCH3 is 1. The highest BCUT2D eigenvalue weighted by molar-refractivity contribution is 5.96. The van der Waals surface area contributed by atoms with E-state index in [0.717, 1.165) is 11.1 Å². The van der Waals surface area contributed by atoms with E-state index in [-0.39, 0.29) is 17.4 Å². The summed E-state index contributed by atoms with van der Waals surface area (Å²) in [5, 5.41) is 2.77. The summed E-state index contributed by atoms with van der Waals surface area (Å²) in [5.41, 5.74) is 3.08. The van der Waals surface area contributed by atoms with Crippen LogP contribution in [0, 0.1) is 0 Å². The Morgan fingerprint density at radius 1 is 0.862 bits per heavy atom. The summed E-state index contributed by atoms with van der Waals surface area (Å²) < 4.78 is 10.5. The molecule has 0 bridgehead atoms. The van der Waals surface area contributed by atoms with Gasteiger partial charge in [-0.2, -0.15) is 0 Å². The quantitative estimate of drug-likeness (QED) is 0.714. The van der Waals surface area contributed by atoms with Crippen LogP contribution >= 0.6 is 0 Å². The summed E-state index contributed by atoms with van der Waals surface area (Å²) in [6.07, 6.45) is 0. The van der Waals surface area contributed by atoms with Gasteiger partial charge < -0.3 is 14.8 Å². The number of hydrogen-bond acceptors (Lipinski definition) is 4. The van der Waals surface area contributed by atoms with Crippen molar-refractivity contribution in [3.05, 3.63) is 59.2 Å². The molecule has 156 valence electrons. The van der Waals surface area contributed by atoms with Crippen molar-refractivity contribution >= 4 is 17.6 Å². The third kappa shape index (κ3) is 6.08. The van der Waals surface area contributed by atoms with E-state index in [0.29, 0.717) is 17.0 Å². The number of esters is 1. The van der Waals surface area contributed by atoms with Gasteiger partial charge in [0.1, 0.15) is 5.75 Å². The monoisotopic (exact) mass is 397 g/mol. The van der Waals surface area contributed by atoms with Crippen LogP contribution in [0.2, 0.25) is 0 Å². The molecule has 0 saturated carbocycles. The molecule has 2 aromatic carbocycles. The van der Waals surface area contributed by atoms with E-state index in [1.165, 1.54) is 0 Å². The minimum Gasteiger partial charge on any atom is -0.495 e. The normalized spacial score (nSPS) is 11.7. The maximum atomic E-state index is 12.3. The number of benzene rings is 2. The fourth-order valence-electron chi connectivity index (χ4n) is 2.78. The van der Waals surface area contributed by atoms with Crippen LogP contribution in [0.15, 0.2) is 42.5 Å². The molecule has 0 saturated heterocycles. The van der Waals surface area contributed by atoms with Crippen LogP contribution in [0.1, 0.15) is 63.0 Å². The van der Waals surface area contributed by atoms with Crippen molar-refractivity contribution in [3.8, 4) is 5.75 Å². The number of anilines is 1. The maximum Gasteiger partial charge on any atom is 0.338 e. The van der Waals surface area contributed by atoms with Gasteiger partial charge in [-0.1, -0.05) is 59.7 Å². The molecular formula is C24H31NO4. The van der Waals surface area contributed by atoms with Crippen molar-refractivity contribution in [1.82, 2.24) is 0 Å². The predicted octanol–water partition coefficient (Wildman–Crippen LogP) is 5.09. The van der Waals surface area contributed by atoms with Crippen molar-refractivity contribution in [1.29, 1.82) is 0 Å². The fourth-order valence-corrected chi connectivity index (χ4v) is 2.78. The van der Waals surface area contributed by atoms with Crippen LogP contribution in [0.5, 0.6) is 5.75 Å². The van der Waals surface area contributed by atoms with Gasteiger partial charge in [0.15, 0.2) is 6.61 Å². The van der Waals surface area contributed by atoms with Crippen molar-refractivity contribution in [2.75, 3.05) is 19.0 Å². The zero-order valence-electron chi connectivity index (χ0n) is 18.4. The Labute approximate surface area is 173 Å². The Bertz CT molecular complexity index is 871. The second-order valence-corrected chi connectivity index (χ2v) is 9.12.